The van der Waals surface area contributed by atoms with E-state index in [0.717, 1.165) is 32.4 Å². The molecule has 1 aliphatic heterocycles. The number of amides is 1. The summed E-state index contributed by atoms with van der Waals surface area (Å²) >= 11 is 0. The maximum Gasteiger partial charge on any atom is 0.306 e. The molecule has 0 spiro atoms. The quantitative estimate of drug-likeness (QED) is 0.702. The van der Waals surface area contributed by atoms with Gasteiger partial charge in [-0.25, -0.2) is 0 Å². The molecule has 0 radical (unpaired) electrons. The van der Waals surface area contributed by atoms with E-state index in [-0.39, 0.29) is 24.7 Å². The lowest BCUT2D eigenvalue weighted by atomic mass is 9.90. The van der Waals surface area contributed by atoms with Gasteiger partial charge in [-0.3, -0.25) is 9.59 Å². The molecule has 2 aromatic rings. The highest BCUT2D eigenvalue weighted by atomic mass is 16.5. The molecule has 2 heterocycles. The molecule has 0 unspecified atom stereocenters. The predicted molar refractivity (Wildman–Crippen MR) is 105 cm³/mol. The first kappa shape index (κ1) is 19.2. The molecule has 1 aromatic carbocycles. The number of esters is 1. The van der Waals surface area contributed by atoms with E-state index in [1.807, 2.05) is 29.4 Å². The molecule has 3 rings (SSSR count). The van der Waals surface area contributed by atoms with Crippen LogP contribution in [0.1, 0.15) is 38.2 Å². The van der Waals surface area contributed by atoms with Crippen LogP contribution >= 0.6 is 0 Å². The fraction of sp³-hybridized carbons (Fsp3) is 0.455. The molecule has 0 N–H and O–H groups in total. The molecule has 0 atom stereocenters. The normalized spacial score (nSPS) is 14.9. The molecule has 1 aromatic heterocycles. The van der Waals surface area contributed by atoms with Crippen molar-refractivity contribution in [3.63, 3.8) is 0 Å². The van der Waals surface area contributed by atoms with Crippen molar-refractivity contribution in [2.75, 3.05) is 19.7 Å². The van der Waals surface area contributed by atoms with E-state index in [9.17, 15) is 9.59 Å². The highest BCUT2D eigenvalue weighted by Crippen LogP contribution is 2.23. The van der Waals surface area contributed by atoms with Gasteiger partial charge in [-0.05, 0) is 61.9 Å². The molecular formula is C22H28N2O3. The fourth-order valence-electron chi connectivity index (χ4n) is 3.63. The minimum absolute atomic E-state index is 0.0672. The summed E-state index contributed by atoms with van der Waals surface area (Å²) in [6.45, 7) is 3.71. The summed E-state index contributed by atoms with van der Waals surface area (Å²) in [5, 5.41) is 0. The molecule has 1 fully saturated rings. The number of hydrogen-bond donors (Lipinski definition) is 0. The summed E-state index contributed by atoms with van der Waals surface area (Å²) in [5.41, 5.74) is 2.52. The topological polar surface area (TPSA) is 51.5 Å². The Hall–Kier alpha value is -2.56. The number of likely N-dealkylation sites (tertiary alicyclic amines) is 1. The number of piperidine rings is 1. The van der Waals surface area contributed by atoms with Gasteiger partial charge in [0, 0.05) is 37.6 Å². The van der Waals surface area contributed by atoms with Gasteiger partial charge in [0.25, 0.3) is 0 Å². The van der Waals surface area contributed by atoms with Gasteiger partial charge in [-0.2, -0.15) is 0 Å². The van der Waals surface area contributed by atoms with Crippen LogP contribution in [-0.4, -0.2) is 41.0 Å². The van der Waals surface area contributed by atoms with E-state index in [2.05, 4.69) is 28.8 Å². The van der Waals surface area contributed by atoms with Crippen LogP contribution in [0.15, 0.2) is 48.8 Å². The lowest BCUT2D eigenvalue weighted by molar-refractivity contribution is -0.146. The van der Waals surface area contributed by atoms with Gasteiger partial charge < -0.3 is 14.2 Å². The highest BCUT2D eigenvalue weighted by molar-refractivity contribution is 5.81. The first-order valence-corrected chi connectivity index (χ1v) is 9.81. The van der Waals surface area contributed by atoms with Crippen LogP contribution in [0.5, 0.6) is 0 Å². The number of hydrogen-bond acceptors (Lipinski definition) is 3. The van der Waals surface area contributed by atoms with Crippen molar-refractivity contribution in [1.29, 1.82) is 0 Å². The molecule has 5 heteroatoms. The van der Waals surface area contributed by atoms with Crippen molar-refractivity contribution in [3.05, 3.63) is 54.4 Å². The summed E-state index contributed by atoms with van der Waals surface area (Å²) in [4.78, 5) is 25.5. The van der Waals surface area contributed by atoms with Gasteiger partial charge in [-0.1, -0.05) is 12.1 Å². The molecule has 0 bridgehead atoms. The van der Waals surface area contributed by atoms with E-state index in [0.29, 0.717) is 12.5 Å². The Morgan fingerprint density at radius 2 is 1.70 bits per heavy atom. The fourth-order valence-corrected chi connectivity index (χ4v) is 3.63. The second-order valence-electron chi connectivity index (χ2n) is 7.09. The van der Waals surface area contributed by atoms with E-state index < -0.39 is 0 Å². The average molecular weight is 368 g/mol. The third kappa shape index (κ3) is 5.46. The van der Waals surface area contributed by atoms with E-state index in [1.165, 1.54) is 11.3 Å². The zero-order valence-electron chi connectivity index (χ0n) is 16.0. The minimum atomic E-state index is -0.288. The number of ether oxygens (including phenoxy) is 1. The SMILES string of the molecule is CCOC(=O)CCC(=O)N1CCC(Cc2ccc(-n3cccc3)cc2)CC1. The first-order valence-electron chi connectivity index (χ1n) is 9.81. The van der Waals surface area contributed by atoms with Crippen molar-refractivity contribution in [3.8, 4) is 5.69 Å². The third-order valence-electron chi connectivity index (χ3n) is 5.18. The van der Waals surface area contributed by atoms with Gasteiger partial charge in [0.05, 0.1) is 13.0 Å². The Morgan fingerprint density at radius 3 is 2.33 bits per heavy atom. The van der Waals surface area contributed by atoms with Crippen LogP contribution < -0.4 is 0 Å². The Kier molecular flexibility index (Phi) is 6.69. The summed E-state index contributed by atoms with van der Waals surface area (Å²) in [6, 6.07) is 12.8. The molecule has 0 aliphatic carbocycles. The lowest BCUT2D eigenvalue weighted by Crippen LogP contribution is -2.39. The molecule has 1 amide bonds. The number of rotatable bonds is 7. The van der Waals surface area contributed by atoms with Gasteiger partial charge in [0.15, 0.2) is 0 Å². The minimum Gasteiger partial charge on any atom is -0.466 e. The van der Waals surface area contributed by atoms with Gasteiger partial charge in [-0.15, -0.1) is 0 Å². The molecule has 27 heavy (non-hydrogen) atoms. The van der Waals surface area contributed by atoms with Gasteiger partial charge >= 0.3 is 5.97 Å². The number of carbonyl (C=O) groups excluding carboxylic acids is 2. The zero-order chi connectivity index (χ0) is 19.1. The summed E-state index contributed by atoms with van der Waals surface area (Å²) in [6.07, 6.45) is 7.61. The van der Waals surface area contributed by atoms with Crippen LogP contribution in [0, 0.1) is 5.92 Å². The van der Waals surface area contributed by atoms with Crippen LogP contribution in [0.2, 0.25) is 0 Å². The maximum atomic E-state index is 12.2. The Morgan fingerprint density at radius 1 is 1.04 bits per heavy atom. The van der Waals surface area contributed by atoms with Crippen molar-refractivity contribution in [2.24, 2.45) is 5.92 Å². The number of nitrogens with zero attached hydrogens (tertiary/aromatic N) is 2. The molecule has 5 nitrogen and oxygen atoms in total. The highest BCUT2D eigenvalue weighted by Gasteiger charge is 2.23. The van der Waals surface area contributed by atoms with Crippen molar-refractivity contribution < 1.29 is 14.3 Å². The molecule has 144 valence electrons. The monoisotopic (exact) mass is 368 g/mol. The second kappa shape index (κ2) is 9.40. The Labute approximate surface area is 160 Å². The smallest absolute Gasteiger partial charge is 0.306 e. The average Bonchev–Trinajstić information content (AvgIpc) is 3.22. The zero-order valence-corrected chi connectivity index (χ0v) is 16.0. The van der Waals surface area contributed by atoms with E-state index >= 15 is 0 Å². The molecule has 1 aliphatic rings. The second-order valence-corrected chi connectivity index (χ2v) is 7.09. The standard InChI is InChI=1S/C22H28N2O3/c1-2-27-22(26)10-9-21(25)24-15-11-19(12-16-24)17-18-5-7-20(8-6-18)23-13-3-4-14-23/h3-8,13-14,19H,2,9-12,15-17H2,1H3. The Balaban J connectivity index is 1.43. The summed E-state index contributed by atoms with van der Waals surface area (Å²) < 4.78 is 6.99. The molecule has 0 saturated carbocycles. The van der Waals surface area contributed by atoms with E-state index in [1.54, 1.807) is 6.92 Å². The number of aromatic nitrogens is 1. The maximum absolute atomic E-state index is 12.2. The molecular weight excluding hydrogens is 340 g/mol. The van der Waals surface area contributed by atoms with Crippen LogP contribution in [0.25, 0.3) is 5.69 Å². The van der Waals surface area contributed by atoms with Crippen LogP contribution in [-0.2, 0) is 20.7 Å². The van der Waals surface area contributed by atoms with Gasteiger partial charge in [0.2, 0.25) is 5.91 Å². The van der Waals surface area contributed by atoms with Gasteiger partial charge in [0.1, 0.15) is 0 Å². The van der Waals surface area contributed by atoms with Crippen LogP contribution in [0.3, 0.4) is 0 Å². The third-order valence-corrected chi connectivity index (χ3v) is 5.18. The number of benzene rings is 1. The lowest BCUT2D eigenvalue weighted by Gasteiger charge is -2.32. The summed E-state index contributed by atoms with van der Waals surface area (Å²) in [5.74, 6) is 0.387. The van der Waals surface area contributed by atoms with Crippen molar-refractivity contribution in [1.82, 2.24) is 9.47 Å². The Bertz CT molecular complexity index is 729. The van der Waals surface area contributed by atoms with Crippen LogP contribution in [0.4, 0.5) is 0 Å². The van der Waals surface area contributed by atoms with Crippen molar-refractivity contribution >= 4 is 11.9 Å². The van der Waals surface area contributed by atoms with E-state index in [4.69, 9.17) is 4.74 Å². The summed E-state index contributed by atoms with van der Waals surface area (Å²) in [7, 11) is 0. The first-order chi connectivity index (χ1) is 13.2. The largest absolute Gasteiger partial charge is 0.466 e. The van der Waals surface area contributed by atoms with Crippen molar-refractivity contribution in [2.45, 2.75) is 39.0 Å². The molecule has 1 saturated heterocycles. The number of carbonyl (C=O) groups is 2. The predicted octanol–water partition coefficient (Wildman–Crippen LogP) is 3.60.